The first kappa shape index (κ1) is 25.9. The van der Waals surface area contributed by atoms with Gasteiger partial charge in [0.25, 0.3) is 0 Å². The molecular weight excluding hydrogens is 355 g/mol. The Morgan fingerprint density at radius 3 is 0.750 bits per heavy atom. The summed E-state index contributed by atoms with van der Waals surface area (Å²) >= 11 is 0. The van der Waals surface area contributed by atoms with Crippen LogP contribution in [0.5, 0.6) is 0 Å². The van der Waals surface area contributed by atoms with Crippen molar-refractivity contribution in [3.8, 4) is 0 Å². The van der Waals surface area contributed by atoms with Crippen molar-refractivity contribution in [1.29, 1.82) is 0 Å². The molecule has 0 aromatic carbocycles. The van der Waals surface area contributed by atoms with Crippen LogP contribution >= 0.6 is 0 Å². The standard InChI is InChI=1S/3C4H10O.Dy/c3*1-2-3-4-5;/h3*5H,2-4H2,1H3;. The molecular formula is C12H30DyO3. The van der Waals surface area contributed by atoms with E-state index in [2.05, 4.69) is 20.8 Å². The molecule has 0 heterocycles. The molecule has 0 fully saturated rings. The van der Waals surface area contributed by atoms with Crippen LogP contribution in [0.1, 0.15) is 59.3 Å². The second-order valence-electron chi connectivity index (χ2n) is 3.23. The minimum absolute atomic E-state index is 0. The van der Waals surface area contributed by atoms with Gasteiger partial charge in [-0.25, -0.2) is 0 Å². The van der Waals surface area contributed by atoms with E-state index in [0.29, 0.717) is 19.8 Å². The van der Waals surface area contributed by atoms with Gasteiger partial charge < -0.3 is 15.3 Å². The van der Waals surface area contributed by atoms with Gasteiger partial charge in [-0.2, -0.15) is 0 Å². The first-order valence-corrected chi connectivity index (χ1v) is 6.07. The van der Waals surface area contributed by atoms with Crippen molar-refractivity contribution in [3.63, 3.8) is 0 Å². The third kappa shape index (κ3) is 59.3. The van der Waals surface area contributed by atoms with E-state index in [1.807, 2.05) is 0 Å². The van der Waals surface area contributed by atoms with Crippen molar-refractivity contribution in [2.75, 3.05) is 19.8 Å². The van der Waals surface area contributed by atoms with E-state index >= 15 is 0 Å². The van der Waals surface area contributed by atoms with Gasteiger partial charge in [-0.15, -0.1) is 0 Å². The Morgan fingerprint density at radius 1 is 0.562 bits per heavy atom. The molecule has 3 nitrogen and oxygen atoms in total. The zero-order valence-corrected chi connectivity index (χ0v) is 13.1. The van der Waals surface area contributed by atoms with Crippen molar-refractivity contribution in [1.82, 2.24) is 0 Å². The fourth-order valence-electron chi connectivity index (χ4n) is 0.474. The SMILES string of the molecule is CCCCO.CCCCO.CCCCO.[Dy]. The van der Waals surface area contributed by atoms with Crippen molar-refractivity contribution < 1.29 is 53.5 Å². The molecule has 0 atom stereocenters. The molecule has 0 bridgehead atoms. The van der Waals surface area contributed by atoms with Gasteiger partial charge in [-0.3, -0.25) is 0 Å². The first-order valence-electron chi connectivity index (χ1n) is 6.07. The summed E-state index contributed by atoms with van der Waals surface area (Å²) in [5, 5.41) is 24.2. The van der Waals surface area contributed by atoms with Crippen LogP contribution < -0.4 is 0 Å². The Balaban J connectivity index is -0.0000000655. The Labute approximate surface area is 132 Å². The molecule has 106 valence electrons. The molecule has 16 heavy (non-hydrogen) atoms. The molecule has 0 aliphatic carbocycles. The molecule has 0 amide bonds. The van der Waals surface area contributed by atoms with Gasteiger partial charge in [0.05, 0.1) is 0 Å². The van der Waals surface area contributed by atoms with Gasteiger partial charge >= 0.3 is 0 Å². The average molecular weight is 385 g/mol. The van der Waals surface area contributed by atoms with Crippen molar-refractivity contribution in [2.45, 2.75) is 59.3 Å². The summed E-state index contributed by atoms with van der Waals surface area (Å²) in [4.78, 5) is 0. The van der Waals surface area contributed by atoms with Crippen LogP contribution in [-0.2, 0) is 0 Å². The maximum atomic E-state index is 8.07. The van der Waals surface area contributed by atoms with Gasteiger partial charge in [0.1, 0.15) is 0 Å². The van der Waals surface area contributed by atoms with Crippen LogP contribution in [0.4, 0.5) is 0 Å². The van der Waals surface area contributed by atoms with Gasteiger partial charge in [-0.1, -0.05) is 40.0 Å². The van der Waals surface area contributed by atoms with Crippen molar-refractivity contribution >= 4 is 0 Å². The monoisotopic (exact) mass is 386 g/mol. The van der Waals surface area contributed by atoms with E-state index in [-0.39, 0.29) is 38.2 Å². The summed E-state index contributed by atoms with van der Waals surface area (Å²) in [5.41, 5.74) is 0. The molecule has 0 aromatic heterocycles. The molecule has 0 radical (unpaired) electrons. The predicted octanol–water partition coefficient (Wildman–Crippen LogP) is 2.34. The molecule has 0 rings (SSSR count). The molecule has 4 heteroatoms. The van der Waals surface area contributed by atoms with Crippen LogP contribution in [-0.4, -0.2) is 35.1 Å². The number of aliphatic hydroxyl groups is 3. The molecule has 0 aromatic rings. The largest absolute Gasteiger partial charge is 0.396 e. The number of hydrogen-bond acceptors (Lipinski definition) is 3. The molecule has 0 spiro atoms. The Morgan fingerprint density at radius 2 is 0.750 bits per heavy atom. The zero-order valence-electron chi connectivity index (χ0n) is 11.0. The minimum Gasteiger partial charge on any atom is -0.396 e. The number of aliphatic hydroxyl groups excluding tert-OH is 3. The first-order chi connectivity index (χ1) is 7.24. The van der Waals surface area contributed by atoms with E-state index in [9.17, 15) is 0 Å². The van der Waals surface area contributed by atoms with Gasteiger partial charge in [0, 0.05) is 58.0 Å². The third-order valence-electron chi connectivity index (χ3n) is 1.54. The van der Waals surface area contributed by atoms with Gasteiger partial charge in [0.15, 0.2) is 0 Å². The smallest absolute Gasteiger partial charge is 0.0430 e. The Hall–Kier alpha value is 1.15. The van der Waals surface area contributed by atoms with Crippen LogP contribution in [0.15, 0.2) is 0 Å². The fourth-order valence-corrected chi connectivity index (χ4v) is 0.474. The molecule has 0 saturated carbocycles. The average Bonchev–Trinajstić information content (AvgIpc) is 2.23. The van der Waals surface area contributed by atoms with Crippen LogP contribution in [0, 0.1) is 38.2 Å². The van der Waals surface area contributed by atoms with Crippen LogP contribution in [0.3, 0.4) is 0 Å². The molecule has 3 N–H and O–H groups in total. The molecule has 0 unspecified atom stereocenters. The van der Waals surface area contributed by atoms with Crippen molar-refractivity contribution in [2.24, 2.45) is 0 Å². The van der Waals surface area contributed by atoms with E-state index in [4.69, 9.17) is 15.3 Å². The topological polar surface area (TPSA) is 60.7 Å². The van der Waals surface area contributed by atoms with E-state index < -0.39 is 0 Å². The van der Waals surface area contributed by atoms with E-state index in [1.165, 1.54) is 0 Å². The molecule has 0 aliphatic heterocycles. The Bertz CT molecular complexity index is 53.0. The van der Waals surface area contributed by atoms with Crippen LogP contribution in [0.2, 0.25) is 0 Å². The Kier molecular flexibility index (Phi) is 58.2. The van der Waals surface area contributed by atoms with E-state index in [1.54, 1.807) is 0 Å². The third-order valence-corrected chi connectivity index (χ3v) is 1.54. The second-order valence-corrected chi connectivity index (χ2v) is 3.23. The van der Waals surface area contributed by atoms with Gasteiger partial charge in [-0.05, 0) is 19.3 Å². The molecule has 0 saturated heterocycles. The summed E-state index contributed by atoms with van der Waals surface area (Å²) < 4.78 is 0. The summed E-state index contributed by atoms with van der Waals surface area (Å²) in [6, 6.07) is 0. The van der Waals surface area contributed by atoms with Crippen molar-refractivity contribution in [3.05, 3.63) is 0 Å². The summed E-state index contributed by atoms with van der Waals surface area (Å²) in [6.45, 7) is 7.19. The summed E-state index contributed by atoms with van der Waals surface area (Å²) in [7, 11) is 0. The summed E-state index contributed by atoms with van der Waals surface area (Å²) in [5.74, 6) is 0. The van der Waals surface area contributed by atoms with Crippen LogP contribution in [0.25, 0.3) is 0 Å². The number of hydrogen-bond donors (Lipinski definition) is 3. The number of rotatable bonds is 6. The van der Waals surface area contributed by atoms with E-state index in [0.717, 1.165) is 38.5 Å². The normalized spacial score (nSPS) is 7.88. The maximum absolute atomic E-state index is 8.07. The second kappa shape index (κ2) is 36.0. The number of unbranched alkanes of at least 4 members (excludes halogenated alkanes) is 3. The summed E-state index contributed by atoms with van der Waals surface area (Å²) in [6.07, 6.45) is 6.11. The zero-order chi connectivity index (χ0) is 12.4. The molecule has 0 aliphatic rings. The maximum Gasteiger partial charge on any atom is 0.0430 e. The van der Waals surface area contributed by atoms with Gasteiger partial charge in [0.2, 0.25) is 0 Å². The fraction of sp³-hybridized carbons (Fsp3) is 1.00. The predicted molar refractivity (Wildman–Crippen MR) is 66.0 cm³/mol. The quantitative estimate of drug-likeness (QED) is 0.658. The minimum atomic E-state index is 0.